The number of carboxylic acids is 1. The van der Waals surface area contributed by atoms with E-state index in [1.807, 2.05) is 0 Å². The van der Waals surface area contributed by atoms with Crippen molar-refractivity contribution in [1.29, 1.82) is 0 Å². The van der Waals surface area contributed by atoms with Gasteiger partial charge in [-0.3, -0.25) is 9.59 Å². The summed E-state index contributed by atoms with van der Waals surface area (Å²) < 4.78 is 4.62. The number of aliphatic carboxylic acids is 1. The Balaban J connectivity index is 0. The molecule has 0 aliphatic heterocycles. The van der Waals surface area contributed by atoms with Gasteiger partial charge in [0.2, 0.25) is 0 Å². The molecule has 7 heteroatoms. The second-order valence-electron chi connectivity index (χ2n) is 5.91. The molecule has 0 aliphatic carbocycles. The molecule has 0 aromatic heterocycles. The normalized spacial score (nSPS) is 11.4. The Morgan fingerprint density at radius 2 is 1.42 bits per heavy atom. The number of rotatable bonds is 14. The summed E-state index contributed by atoms with van der Waals surface area (Å²) in [6.07, 6.45) is 10.2. The van der Waals surface area contributed by atoms with Gasteiger partial charge in [0, 0.05) is 12.8 Å². The number of carbonyl (C=O) groups excluding carboxylic acids is 2. The summed E-state index contributed by atoms with van der Waals surface area (Å²) in [5.74, 6) is -2.45. The molecule has 3 N–H and O–H groups in total. The number of ether oxygens (including phenoxy) is 1. The summed E-state index contributed by atoms with van der Waals surface area (Å²) in [4.78, 5) is 33.3. The van der Waals surface area contributed by atoms with Crippen molar-refractivity contribution in [3.8, 4) is 0 Å². The standard InChI is InChI=1S/C17H31NO5.Na.H/c1-2-3-4-5-6-7-8-9-10-11-16(21)23-17(22)14(18)12-13-15(19)20;;/h14H,2-13,18H2,1H3,(H,19,20);;. The summed E-state index contributed by atoms with van der Waals surface area (Å²) in [6.45, 7) is 2.20. The van der Waals surface area contributed by atoms with Crippen LogP contribution in [0.4, 0.5) is 0 Å². The minimum absolute atomic E-state index is 0. The summed E-state index contributed by atoms with van der Waals surface area (Å²) in [7, 11) is 0. The Morgan fingerprint density at radius 3 is 1.92 bits per heavy atom. The van der Waals surface area contributed by atoms with Gasteiger partial charge >= 0.3 is 47.5 Å². The fourth-order valence-electron chi connectivity index (χ4n) is 2.22. The van der Waals surface area contributed by atoms with E-state index < -0.39 is 23.9 Å². The molecule has 1 atom stereocenters. The third kappa shape index (κ3) is 16.4. The number of esters is 2. The molecule has 0 rings (SSSR count). The first-order valence-corrected chi connectivity index (χ1v) is 8.69. The fourth-order valence-corrected chi connectivity index (χ4v) is 2.22. The first-order valence-electron chi connectivity index (χ1n) is 8.69. The zero-order chi connectivity index (χ0) is 17.5. The predicted molar refractivity (Wildman–Crippen MR) is 94.9 cm³/mol. The van der Waals surface area contributed by atoms with Gasteiger partial charge in [0.25, 0.3) is 0 Å². The first kappa shape index (κ1) is 25.8. The molecule has 0 heterocycles. The van der Waals surface area contributed by atoms with Crippen LogP contribution in [0.25, 0.3) is 0 Å². The van der Waals surface area contributed by atoms with Crippen molar-refractivity contribution in [3.05, 3.63) is 0 Å². The predicted octanol–water partition coefficient (Wildman–Crippen LogP) is 2.52. The van der Waals surface area contributed by atoms with Crippen molar-refractivity contribution >= 4 is 47.5 Å². The van der Waals surface area contributed by atoms with Crippen LogP contribution in [-0.4, -0.2) is 58.6 Å². The number of carbonyl (C=O) groups is 3. The SMILES string of the molecule is CCCCCCCCCCCC(=O)OC(=O)C(N)CCC(=O)O.[NaH]. The third-order valence-electron chi connectivity index (χ3n) is 3.67. The monoisotopic (exact) mass is 353 g/mol. The van der Waals surface area contributed by atoms with Crippen LogP contribution in [0.15, 0.2) is 0 Å². The maximum absolute atomic E-state index is 11.5. The Labute approximate surface area is 167 Å². The Bertz CT molecular complexity index is 363. The average Bonchev–Trinajstić information content (AvgIpc) is 2.50. The van der Waals surface area contributed by atoms with Crippen molar-refractivity contribution < 1.29 is 24.2 Å². The maximum atomic E-state index is 11.5. The van der Waals surface area contributed by atoms with Crippen LogP contribution in [0.1, 0.15) is 84.0 Å². The van der Waals surface area contributed by atoms with Crippen molar-refractivity contribution in [2.24, 2.45) is 5.73 Å². The number of carboxylic acid groups (broad SMARTS) is 1. The zero-order valence-corrected chi connectivity index (χ0v) is 14.2. The molecule has 0 aliphatic rings. The van der Waals surface area contributed by atoms with Crippen LogP contribution >= 0.6 is 0 Å². The summed E-state index contributed by atoms with van der Waals surface area (Å²) in [6, 6.07) is -1.06. The van der Waals surface area contributed by atoms with Crippen molar-refractivity contribution in [3.63, 3.8) is 0 Å². The van der Waals surface area contributed by atoms with Crippen LogP contribution in [-0.2, 0) is 19.1 Å². The molecule has 0 fully saturated rings. The molecule has 136 valence electrons. The first-order chi connectivity index (χ1) is 11.0. The number of hydrogen-bond acceptors (Lipinski definition) is 5. The van der Waals surface area contributed by atoms with Gasteiger partial charge in [-0.1, -0.05) is 58.3 Å². The quantitative estimate of drug-likeness (QED) is 0.215. The van der Waals surface area contributed by atoms with Gasteiger partial charge in [0.1, 0.15) is 6.04 Å². The number of unbranched alkanes of at least 4 members (excludes halogenated alkanes) is 8. The molecule has 0 spiro atoms. The van der Waals surface area contributed by atoms with Gasteiger partial charge in [-0.05, 0) is 12.8 Å². The van der Waals surface area contributed by atoms with E-state index in [4.69, 9.17) is 10.8 Å². The summed E-state index contributed by atoms with van der Waals surface area (Å²) >= 11 is 0. The van der Waals surface area contributed by atoms with E-state index in [9.17, 15) is 14.4 Å². The summed E-state index contributed by atoms with van der Waals surface area (Å²) in [5, 5.41) is 8.50. The Morgan fingerprint density at radius 1 is 0.917 bits per heavy atom. The molecular formula is C17H32NNaO5. The molecular weight excluding hydrogens is 321 g/mol. The molecule has 0 saturated carbocycles. The molecule has 0 aromatic rings. The molecule has 1 unspecified atom stereocenters. The molecule has 6 nitrogen and oxygen atoms in total. The molecule has 24 heavy (non-hydrogen) atoms. The van der Waals surface area contributed by atoms with Gasteiger partial charge in [0.05, 0.1) is 0 Å². The van der Waals surface area contributed by atoms with Gasteiger partial charge < -0.3 is 15.6 Å². The topological polar surface area (TPSA) is 107 Å². The second-order valence-corrected chi connectivity index (χ2v) is 5.91. The fraction of sp³-hybridized carbons (Fsp3) is 0.824. The second kappa shape index (κ2) is 17.4. The van der Waals surface area contributed by atoms with E-state index >= 15 is 0 Å². The Hall–Kier alpha value is -0.430. The van der Waals surface area contributed by atoms with Crippen LogP contribution < -0.4 is 5.73 Å². The number of hydrogen-bond donors (Lipinski definition) is 2. The van der Waals surface area contributed by atoms with Crippen LogP contribution in [0, 0.1) is 0 Å². The van der Waals surface area contributed by atoms with E-state index in [1.165, 1.54) is 38.5 Å². The average molecular weight is 353 g/mol. The van der Waals surface area contributed by atoms with E-state index in [-0.39, 0.29) is 48.8 Å². The third-order valence-corrected chi connectivity index (χ3v) is 3.67. The molecule has 0 amide bonds. The van der Waals surface area contributed by atoms with Crippen molar-refractivity contribution in [2.75, 3.05) is 0 Å². The van der Waals surface area contributed by atoms with Crippen molar-refractivity contribution in [2.45, 2.75) is 90.0 Å². The van der Waals surface area contributed by atoms with Gasteiger partial charge in [-0.15, -0.1) is 0 Å². The molecule has 0 bridgehead atoms. The van der Waals surface area contributed by atoms with Crippen molar-refractivity contribution in [1.82, 2.24) is 0 Å². The van der Waals surface area contributed by atoms with Gasteiger partial charge in [-0.2, -0.15) is 0 Å². The van der Waals surface area contributed by atoms with Crippen LogP contribution in [0.3, 0.4) is 0 Å². The van der Waals surface area contributed by atoms with E-state index in [1.54, 1.807) is 0 Å². The minimum atomic E-state index is -1.06. The number of nitrogens with two attached hydrogens (primary N) is 1. The van der Waals surface area contributed by atoms with Crippen LogP contribution in [0.5, 0.6) is 0 Å². The van der Waals surface area contributed by atoms with E-state index in [0.717, 1.165) is 12.8 Å². The molecule has 0 aromatic carbocycles. The summed E-state index contributed by atoms with van der Waals surface area (Å²) in [5.41, 5.74) is 5.47. The van der Waals surface area contributed by atoms with Gasteiger partial charge in [0.15, 0.2) is 0 Å². The molecule has 0 saturated heterocycles. The van der Waals surface area contributed by atoms with Crippen LogP contribution in [0.2, 0.25) is 0 Å². The van der Waals surface area contributed by atoms with E-state index in [0.29, 0.717) is 6.42 Å². The Kier molecular flexibility index (Phi) is 18.7. The van der Waals surface area contributed by atoms with Gasteiger partial charge in [-0.25, -0.2) is 4.79 Å². The van der Waals surface area contributed by atoms with E-state index in [2.05, 4.69) is 11.7 Å². The zero-order valence-electron chi connectivity index (χ0n) is 14.2. The molecule has 0 radical (unpaired) electrons.